The lowest BCUT2D eigenvalue weighted by atomic mass is 10.2. The minimum atomic E-state index is 0.804. The van der Waals surface area contributed by atoms with Crippen molar-refractivity contribution in [2.45, 2.75) is 13.5 Å². The van der Waals surface area contributed by atoms with Crippen molar-refractivity contribution in [1.29, 1.82) is 0 Å². The molecule has 1 N–H and O–H groups in total. The van der Waals surface area contributed by atoms with E-state index in [-0.39, 0.29) is 0 Å². The number of benzene rings is 2. The third-order valence-corrected chi connectivity index (χ3v) is 2.92. The van der Waals surface area contributed by atoms with Gasteiger partial charge in [-0.2, -0.15) is 0 Å². The molecule has 2 aromatic carbocycles. The Labute approximate surface area is 101 Å². The van der Waals surface area contributed by atoms with Crippen molar-refractivity contribution < 1.29 is 0 Å². The maximum absolute atomic E-state index is 6.06. The molecule has 0 bridgehead atoms. The number of nitrogens with one attached hydrogen (secondary N) is 1. The van der Waals surface area contributed by atoms with Crippen LogP contribution in [0, 0.1) is 6.92 Å². The molecule has 1 nitrogen and oxygen atoms in total. The molecule has 0 amide bonds. The van der Waals surface area contributed by atoms with E-state index in [0.717, 1.165) is 22.8 Å². The zero-order valence-corrected chi connectivity index (χ0v) is 9.96. The van der Waals surface area contributed by atoms with Gasteiger partial charge >= 0.3 is 0 Å². The third-order valence-electron chi connectivity index (χ3n) is 2.51. The van der Waals surface area contributed by atoms with Crippen LogP contribution in [0.1, 0.15) is 11.1 Å². The van der Waals surface area contributed by atoms with Gasteiger partial charge in [0.05, 0.1) is 0 Å². The van der Waals surface area contributed by atoms with Crippen molar-refractivity contribution in [3.63, 3.8) is 0 Å². The summed E-state index contributed by atoms with van der Waals surface area (Å²) in [5.41, 5.74) is 3.42. The first kappa shape index (κ1) is 11.0. The van der Waals surface area contributed by atoms with Crippen LogP contribution >= 0.6 is 11.6 Å². The van der Waals surface area contributed by atoms with Gasteiger partial charge in [-0.3, -0.25) is 0 Å². The highest BCUT2D eigenvalue weighted by Gasteiger charge is 1.97. The highest BCUT2D eigenvalue weighted by Crippen LogP contribution is 2.20. The molecule has 0 fully saturated rings. The van der Waals surface area contributed by atoms with E-state index in [0.29, 0.717) is 0 Å². The molecule has 0 aliphatic heterocycles. The van der Waals surface area contributed by atoms with Gasteiger partial charge < -0.3 is 5.32 Å². The van der Waals surface area contributed by atoms with Crippen LogP contribution in [0.25, 0.3) is 0 Å². The van der Waals surface area contributed by atoms with E-state index < -0.39 is 0 Å². The van der Waals surface area contributed by atoms with Crippen LogP contribution in [0.2, 0.25) is 5.02 Å². The number of aryl methyl sites for hydroxylation is 1. The molecule has 0 saturated carbocycles. The predicted octanol–water partition coefficient (Wildman–Crippen LogP) is 4.26. The average Bonchev–Trinajstić information content (AvgIpc) is 2.32. The molecule has 2 rings (SSSR count). The Morgan fingerprint density at radius 1 is 1.06 bits per heavy atom. The summed E-state index contributed by atoms with van der Waals surface area (Å²) in [5, 5.41) is 4.15. The van der Waals surface area contributed by atoms with Crippen molar-refractivity contribution in [2.24, 2.45) is 0 Å². The summed E-state index contributed by atoms with van der Waals surface area (Å²) in [6.45, 7) is 2.82. The van der Waals surface area contributed by atoms with Gasteiger partial charge in [-0.1, -0.05) is 48.0 Å². The molecule has 0 heterocycles. The fourth-order valence-corrected chi connectivity index (χ4v) is 1.68. The van der Waals surface area contributed by atoms with Gasteiger partial charge in [0, 0.05) is 17.3 Å². The molecule has 0 atom stereocenters. The Morgan fingerprint density at radius 3 is 2.50 bits per heavy atom. The Morgan fingerprint density at radius 2 is 1.81 bits per heavy atom. The largest absolute Gasteiger partial charge is 0.381 e. The minimum Gasteiger partial charge on any atom is -0.381 e. The number of hydrogen-bond donors (Lipinski definition) is 1. The van der Waals surface area contributed by atoms with E-state index in [9.17, 15) is 0 Å². The van der Waals surface area contributed by atoms with E-state index in [1.54, 1.807) is 0 Å². The van der Waals surface area contributed by atoms with Crippen LogP contribution in [0.4, 0.5) is 5.69 Å². The molecule has 0 radical (unpaired) electrons. The zero-order valence-electron chi connectivity index (χ0n) is 9.20. The van der Waals surface area contributed by atoms with Crippen molar-refractivity contribution >= 4 is 17.3 Å². The number of halogens is 1. The van der Waals surface area contributed by atoms with E-state index in [2.05, 4.69) is 17.4 Å². The van der Waals surface area contributed by atoms with Crippen molar-refractivity contribution in [3.8, 4) is 0 Å². The molecule has 16 heavy (non-hydrogen) atoms. The fraction of sp³-hybridized carbons (Fsp3) is 0.143. The zero-order chi connectivity index (χ0) is 11.4. The highest BCUT2D eigenvalue weighted by atomic mass is 35.5. The van der Waals surface area contributed by atoms with Crippen molar-refractivity contribution in [3.05, 3.63) is 64.7 Å². The Bertz CT molecular complexity index is 465. The summed E-state index contributed by atoms with van der Waals surface area (Å²) >= 11 is 6.06. The van der Waals surface area contributed by atoms with Gasteiger partial charge in [-0.15, -0.1) is 0 Å². The summed E-state index contributed by atoms with van der Waals surface area (Å²) in [7, 11) is 0. The van der Waals surface area contributed by atoms with Crippen LogP contribution in [-0.2, 0) is 6.54 Å². The molecule has 0 aromatic heterocycles. The first-order valence-corrected chi connectivity index (χ1v) is 5.67. The first-order valence-electron chi connectivity index (χ1n) is 5.29. The van der Waals surface area contributed by atoms with Gasteiger partial charge in [-0.25, -0.2) is 0 Å². The van der Waals surface area contributed by atoms with Gasteiger partial charge in [0.25, 0.3) is 0 Å². The van der Waals surface area contributed by atoms with E-state index >= 15 is 0 Å². The topological polar surface area (TPSA) is 12.0 Å². The molecule has 2 heteroatoms. The molecule has 0 unspecified atom stereocenters. The maximum atomic E-state index is 6.06. The summed E-state index contributed by atoms with van der Waals surface area (Å²) < 4.78 is 0. The van der Waals surface area contributed by atoms with Gasteiger partial charge in [-0.05, 0) is 30.2 Å². The molecular weight excluding hydrogens is 218 g/mol. The smallest absolute Gasteiger partial charge is 0.0455 e. The second-order valence-electron chi connectivity index (χ2n) is 3.80. The summed E-state index contributed by atoms with van der Waals surface area (Å²) in [4.78, 5) is 0. The monoisotopic (exact) mass is 231 g/mol. The van der Waals surface area contributed by atoms with Crippen molar-refractivity contribution in [1.82, 2.24) is 0 Å². The van der Waals surface area contributed by atoms with Crippen LogP contribution in [0.3, 0.4) is 0 Å². The van der Waals surface area contributed by atoms with Crippen LogP contribution in [0.5, 0.6) is 0 Å². The summed E-state index contributed by atoms with van der Waals surface area (Å²) in [5.74, 6) is 0. The summed E-state index contributed by atoms with van der Waals surface area (Å²) in [6.07, 6.45) is 0. The number of rotatable bonds is 3. The molecule has 0 aliphatic carbocycles. The Hall–Kier alpha value is -1.47. The molecule has 2 aromatic rings. The number of hydrogen-bond acceptors (Lipinski definition) is 1. The lowest BCUT2D eigenvalue weighted by molar-refractivity contribution is 1.15. The second-order valence-corrected chi connectivity index (χ2v) is 4.21. The predicted molar refractivity (Wildman–Crippen MR) is 70.0 cm³/mol. The quantitative estimate of drug-likeness (QED) is 0.832. The Balaban J connectivity index is 2.03. The van der Waals surface area contributed by atoms with Crippen LogP contribution in [0.15, 0.2) is 48.5 Å². The van der Waals surface area contributed by atoms with Crippen molar-refractivity contribution in [2.75, 3.05) is 5.32 Å². The molecule has 82 valence electrons. The standard InChI is InChI=1S/C14H14ClN/c1-11-7-8-13(9-14(11)15)16-10-12-5-3-2-4-6-12/h2-9,16H,10H2,1H3. The number of anilines is 1. The lowest BCUT2D eigenvalue weighted by Crippen LogP contribution is -1.98. The van der Waals surface area contributed by atoms with Crippen LogP contribution in [-0.4, -0.2) is 0 Å². The molecular formula is C14H14ClN. The Kier molecular flexibility index (Phi) is 3.47. The van der Waals surface area contributed by atoms with E-state index in [1.165, 1.54) is 5.56 Å². The SMILES string of the molecule is Cc1ccc(NCc2ccccc2)cc1Cl. The minimum absolute atomic E-state index is 0.804. The molecule has 0 aliphatic rings. The average molecular weight is 232 g/mol. The fourth-order valence-electron chi connectivity index (χ4n) is 1.50. The third kappa shape index (κ3) is 2.77. The van der Waals surface area contributed by atoms with Gasteiger partial charge in [0.1, 0.15) is 0 Å². The molecule has 0 saturated heterocycles. The summed E-state index contributed by atoms with van der Waals surface area (Å²) in [6, 6.07) is 16.3. The normalized spacial score (nSPS) is 10.1. The van der Waals surface area contributed by atoms with Gasteiger partial charge in [0.15, 0.2) is 0 Å². The van der Waals surface area contributed by atoms with Crippen LogP contribution < -0.4 is 5.32 Å². The van der Waals surface area contributed by atoms with Gasteiger partial charge in [0.2, 0.25) is 0 Å². The lowest BCUT2D eigenvalue weighted by Gasteiger charge is -2.07. The molecule has 0 spiro atoms. The van der Waals surface area contributed by atoms with E-state index in [1.807, 2.05) is 43.3 Å². The van der Waals surface area contributed by atoms with E-state index in [4.69, 9.17) is 11.6 Å². The maximum Gasteiger partial charge on any atom is 0.0455 e. The second kappa shape index (κ2) is 5.04. The highest BCUT2D eigenvalue weighted by molar-refractivity contribution is 6.31. The first-order chi connectivity index (χ1) is 7.75.